The van der Waals surface area contributed by atoms with Gasteiger partial charge in [-0.05, 0) is 44.9 Å². The number of rotatable bonds is 70. The molecule has 0 aromatic rings. The molecular weight excluding hydrogens is 1040 g/mol. The van der Waals surface area contributed by atoms with Crippen LogP contribution in [0.4, 0.5) is 0 Å². The molecule has 0 heterocycles. The molecule has 0 rings (SSSR count). The van der Waals surface area contributed by atoms with E-state index in [0.29, 0.717) is 17.4 Å². The zero-order chi connectivity index (χ0) is 61.2. The summed E-state index contributed by atoms with van der Waals surface area (Å²) in [5.74, 6) is -1.97. The third-order valence-electron chi connectivity index (χ3n) is 17.0. The number of likely N-dealkylation sites (N-methyl/N-ethyl adjacent to an activating group) is 1. The Bertz CT molecular complexity index is 1430. The first-order valence-electron chi connectivity index (χ1n) is 37.0. The lowest BCUT2D eigenvalue weighted by Crippen LogP contribution is -2.40. The van der Waals surface area contributed by atoms with E-state index in [1.165, 1.54) is 308 Å². The number of aliphatic carboxylic acids is 1. The molecule has 84 heavy (non-hydrogen) atoms. The van der Waals surface area contributed by atoms with Gasteiger partial charge in [-0.2, -0.15) is 0 Å². The maximum atomic E-state index is 13.0. The summed E-state index contributed by atoms with van der Waals surface area (Å²) < 4.78 is 23.0. The summed E-state index contributed by atoms with van der Waals surface area (Å²) in [4.78, 5) is 37.7. The molecule has 0 aliphatic carbocycles. The number of esters is 2. The summed E-state index contributed by atoms with van der Waals surface area (Å²) in [5, 5.41) is 9.75. The van der Waals surface area contributed by atoms with Crippen LogP contribution in [0.1, 0.15) is 380 Å². The minimum Gasteiger partial charge on any atom is -0.477 e. The van der Waals surface area contributed by atoms with Gasteiger partial charge in [0.1, 0.15) is 13.2 Å². The summed E-state index contributed by atoms with van der Waals surface area (Å²) in [6.45, 7) is 4.95. The van der Waals surface area contributed by atoms with E-state index < -0.39 is 18.4 Å². The zero-order valence-electron chi connectivity index (χ0n) is 56.8. The molecule has 0 saturated heterocycles. The number of carbonyl (C=O) groups is 3. The fourth-order valence-electron chi connectivity index (χ4n) is 11.3. The first-order chi connectivity index (χ1) is 41.1. The maximum absolute atomic E-state index is 13.0. The molecule has 2 unspecified atom stereocenters. The molecule has 0 saturated carbocycles. The standard InChI is InChI=1S/C75H143NO8/c1-6-8-10-12-14-16-18-20-22-24-26-28-30-32-34-36-38-39-41-43-45-47-49-51-53-55-57-59-61-63-65-72(77)82-69-71(70-83-75(74(79)80)81-68-67-76(3,4)5)84-73(78)66-64-62-60-58-56-54-52-50-48-46-44-42-40-37-35-33-31-29-27-25-23-21-19-17-15-13-11-9-7-2/h19,21,25,27,71,75H,6-18,20,22-24,26,28-70H2,1-5H3/p+1/b21-19-,27-25-. The van der Waals surface area contributed by atoms with Gasteiger partial charge >= 0.3 is 17.9 Å². The normalized spacial score (nSPS) is 12.7. The SMILES string of the molecule is CCCCCCC/C=C\C/C=C\CCCCCCCCCCCCCCCCCCCC(=O)OC(COC(=O)CCCCCCCCCCCCCCCCCCCCCCCCCCCCCCCC)COC(OCC[N+](C)(C)C)C(=O)O. The van der Waals surface area contributed by atoms with Crippen molar-refractivity contribution in [3.8, 4) is 0 Å². The number of carboxylic acids is 1. The van der Waals surface area contributed by atoms with E-state index in [0.717, 1.165) is 44.9 Å². The predicted molar refractivity (Wildman–Crippen MR) is 360 cm³/mol. The summed E-state index contributed by atoms with van der Waals surface area (Å²) >= 11 is 0. The largest absolute Gasteiger partial charge is 0.477 e. The Morgan fingerprint density at radius 1 is 0.357 bits per heavy atom. The molecule has 1 N–H and O–H groups in total. The third kappa shape index (κ3) is 67.3. The molecule has 0 aromatic heterocycles. The Balaban J connectivity index is 4.03. The van der Waals surface area contributed by atoms with Gasteiger partial charge in [0.05, 0.1) is 34.4 Å². The second-order valence-corrected chi connectivity index (χ2v) is 26.6. The van der Waals surface area contributed by atoms with Gasteiger partial charge in [-0.25, -0.2) is 4.79 Å². The van der Waals surface area contributed by atoms with Crippen molar-refractivity contribution in [3.05, 3.63) is 24.3 Å². The van der Waals surface area contributed by atoms with Gasteiger partial charge < -0.3 is 28.5 Å². The summed E-state index contributed by atoms with van der Waals surface area (Å²) in [6.07, 6.45) is 80.2. The zero-order valence-corrected chi connectivity index (χ0v) is 56.8. The van der Waals surface area contributed by atoms with Crippen molar-refractivity contribution in [1.29, 1.82) is 0 Å². The molecule has 9 heteroatoms. The highest BCUT2D eigenvalue weighted by Gasteiger charge is 2.25. The second-order valence-electron chi connectivity index (χ2n) is 26.6. The number of carbonyl (C=O) groups excluding carboxylic acids is 2. The van der Waals surface area contributed by atoms with E-state index in [1.54, 1.807) is 0 Å². The van der Waals surface area contributed by atoms with E-state index in [4.69, 9.17) is 18.9 Å². The number of nitrogens with zero attached hydrogens (tertiary/aromatic N) is 1. The molecule has 0 aliphatic rings. The van der Waals surface area contributed by atoms with Gasteiger partial charge in [-0.3, -0.25) is 9.59 Å². The first-order valence-corrected chi connectivity index (χ1v) is 37.0. The van der Waals surface area contributed by atoms with Crippen LogP contribution in [0.25, 0.3) is 0 Å². The Hall–Kier alpha value is -2.23. The Kier molecular flexibility index (Phi) is 64.9. The molecule has 0 fully saturated rings. The molecule has 9 nitrogen and oxygen atoms in total. The molecule has 0 bridgehead atoms. The van der Waals surface area contributed by atoms with Crippen LogP contribution in [0.15, 0.2) is 24.3 Å². The summed E-state index contributed by atoms with van der Waals surface area (Å²) in [7, 11) is 6.00. The van der Waals surface area contributed by atoms with Gasteiger partial charge in [0.25, 0.3) is 6.29 Å². The Morgan fingerprint density at radius 3 is 0.940 bits per heavy atom. The quantitative estimate of drug-likeness (QED) is 0.0211. The van der Waals surface area contributed by atoms with Crippen LogP contribution in [0, 0.1) is 0 Å². The fourth-order valence-corrected chi connectivity index (χ4v) is 11.3. The number of hydrogen-bond donors (Lipinski definition) is 1. The molecule has 2 atom stereocenters. The Morgan fingerprint density at radius 2 is 0.643 bits per heavy atom. The number of hydrogen-bond acceptors (Lipinski definition) is 7. The number of quaternary nitrogens is 1. The molecular formula is C75H144NO8+. The van der Waals surface area contributed by atoms with Gasteiger partial charge in [-0.15, -0.1) is 0 Å². The monoisotopic (exact) mass is 1190 g/mol. The molecule has 0 radical (unpaired) electrons. The van der Waals surface area contributed by atoms with Crippen LogP contribution in [0.3, 0.4) is 0 Å². The second kappa shape index (κ2) is 66.7. The van der Waals surface area contributed by atoms with Gasteiger partial charge in [0.15, 0.2) is 6.10 Å². The van der Waals surface area contributed by atoms with E-state index in [1.807, 2.05) is 21.1 Å². The van der Waals surface area contributed by atoms with E-state index in [9.17, 15) is 19.5 Å². The average Bonchev–Trinajstić information content (AvgIpc) is 3.55. The van der Waals surface area contributed by atoms with Gasteiger partial charge in [0.2, 0.25) is 0 Å². The van der Waals surface area contributed by atoms with Crippen LogP contribution in [-0.2, 0) is 33.3 Å². The predicted octanol–water partition coefficient (Wildman–Crippen LogP) is 23.0. The van der Waals surface area contributed by atoms with Crippen LogP contribution < -0.4 is 0 Å². The molecule has 0 spiro atoms. The highest BCUT2D eigenvalue weighted by Crippen LogP contribution is 2.19. The van der Waals surface area contributed by atoms with Crippen molar-refractivity contribution in [3.63, 3.8) is 0 Å². The van der Waals surface area contributed by atoms with Crippen molar-refractivity contribution in [2.75, 3.05) is 47.5 Å². The molecule has 0 aromatic carbocycles. The third-order valence-corrected chi connectivity index (χ3v) is 17.0. The van der Waals surface area contributed by atoms with Crippen molar-refractivity contribution in [2.24, 2.45) is 0 Å². The number of ether oxygens (including phenoxy) is 4. The topological polar surface area (TPSA) is 108 Å². The molecule has 0 aliphatic heterocycles. The van der Waals surface area contributed by atoms with Gasteiger partial charge in [-0.1, -0.05) is 346 Å². The smallest absolute Gasteiger partial charge is 0.361 e. The van der Waals surface area contributed by atoms with Crippen molar-refractivity contribution < 1.29 is 42.9 Å². The lowest BCUT2D eigenvalue weighted by Gasteiger charge is -2.25. The van der Waals surface area contributed by atoms with E-state index in [-0.39, 0.29) is 38.2 Å². The maximum Gasteiger partial charge on any atom is 0.361 e. The van der Waals surface area contributed by atoms with E-state index >= 15 is 0 Å². The number of carboxylic acid groups (broad SMARTS) is 1. The number of unbranched alkanes of at least 4 members (excludes halogenated alkanes) is 51. The van der Waals surface area contributed by atoms with Gasteiger partial charge in [0, 0.05) is 12.8 Å². The highest BCUT2D eigenvalue weighted by atomic mass is 16.7. The fraction of sp³-hybridized carbons (Fsp3) is 0.907. The Labute approximate surface area is 522 Å². The highest BCUT2D eigenvalue weighted by molar-refractivity contribution is 5.71. The lowest BCUT2D eigenvalue weighted by atomic mass is 10.0. The minimum absolute atomic E-state index is 0.175. The average molecular weight is 1190 g/mol. The van der Waals surface area contributed by atoms with Crippen LogP contribution in [0.5, 0.6) is 0 Å². The van der Waals surface area contributed by atoms with Crippen molar-refractivity contribution >= 4 is 17.9 Å². The van der Waals surface area contributed by atoms with Crippen molar-refractivity contribution in [2.45, 2.75) is 392 Å². The van der Waals surface area contributed by atoms with Crippen LogP contribution in [-0.4, -0.2) is 87.4 Å². The first kappa shape index (κ1) is 81.8. The van der Waals surface area contributed by atoms with Crippen LogP contribution >= 0.6 is 0 Å². The molecule has 0 amide bonds. The summed E-state index contributed by atoms with van der Waals surface area (Å²) in [5.41, 5.74) is 0. The summed E-state index contributed by atoms with van der Waals surface area (Å²) in [6, 6.07) is 0. The number of allylic oxidation sites excluding steroid dienone is 4. The lowest BCUT2D eigenvalue weighted by molar-refractivity contribution is -0.870. The minimum atomic E-state index is -1.51. The van der Waals surface area contributed by atoms with E-state index in [2.05, 4.69) is 38.2 Å². The van der Waals surface area contributed by atoms with Crippen molar-refractivity contribution in [1.82, 2.24) is 0 Å². The van der Waals surface area contributed by atoms with Crippen LogP contribution in [0.2, 0.25) is 0 Å². The molecule has 496 valence electrons.